The van der Waals surface area contributed by atoms with E-state index < -0.39 is 0 Å². The molecule has 0 unspecified atom stereocenters. The molecular weight excluding hydrogens is 259 g/mol. The second-order valence-electron chi connectivity index (χ2n) is 3.79. The maximum atomic E-state index is 5.92. The molecule has 2 rings (SSSR count). The van der Waals surface area contributed by atoms with E-state index in [2.05, 4.69) is 10.5 Å². The van der Waals surface area contributed by atoms with Crippen molar-refractivity contribution in [3.8, 4) is 0 Å². The fourth-order valence-electron chi connectivity index (χ4n) is 1.48. The topological polar surface area (TPSA) is 38.1 Å². The van der Waals surface area contributed by atoms with Gasteiger partial charge < -0.3 is 9.84 Å². The Morgan fingerprint density at radius 3 is 2.65 bits per heavy atom. The van der Waals surface area contributed by atoms with Crippen LogP contribution in [0.2, 0.25) is 10.0 Å². The summed E-state index contributed by atoms with van der Waals surface area (Å²) in [5.41, 5.74) is 1.96. The van der Waals surface area contributed by atoms with E-state index in [-0.39, 0.29) is 0 Å². The molecule has 0 aliphatic carbocycles. The number of aryl methyl sites for hydroxylation is 1. The van der Waals surface area contributed by atoms with Crippen molar-refractivity contribution in [2.75, 3.05) is 0 Å². The van der Waals surface area contributed by atoms with Crippen LogP contribution in [0.4, 0.5) is 0 Å². The largest absolute Gasteiger partial charge is 0.360 e. The first-order chi connectivity index (χ1) is 8.15. The Bertz CT molecular complexity index is 511. The summed E-state index contributed by atoms with van der Waals surface area (Å²) in [6.07, 6.45) is 0. The molecule has 0 atom stereocenters. The summed E-state index contributed by atoms with van der Waals surface area (Å²) in [5.74, 6) is 0.822. The highest BCUT2D eigenvalue weighted by molar-refractivity contribution is 6.42. The number of benzene rings is 1. The van der Waals surface area contributed by atoms with Gasteiger partial charge in [-0.1, -0.05) is 34.4 Å². The number of aromatic nitrogens is 1. The van der Waals surface area contributed by atoms with Crippen molar-refractivity contribution in [3.63, 3.8) is 0 Å². The molecule has 0 aliphatic heterocycles. The Balaban J connectivity index is 1.87. The van der Waals surface area contributed by atoms with Crippen molar-refractivity contribution >= 4 is 23.2 Å². The third-order valence-electron chi connectivity index (χ3n) is 2.29. The maximum Gasteiger partial charge on any atom is 0.150 e. The quantitative estimate of drug-likeness (QED) is 0.923. The molecule has 0 saturated heterocycles. The monoisotopic (exact) mass is 270 g/mol. The normalized spacial score (nSPS) is 10.8. The fourth-order valence-corrected chi connectivity index (χ4v) is 1.80. The van der Waals surface area contributed by atoms with E-state index in [1.807, 2.05) is 25.1 Å². The van der Waals surface area contributed by atoms with Gasteiger partial charge in [0.05, 0.1) is 22.3 Å². The Morgan fingerprint density at radius 2 is 2.00 bits per heavy atom. The second kappa shape index (κ2) is 5.54. The Labute approximate surface area is 110 Å². The molecule has 17 heavy (non-hydrogen) atoms. The van der Waals surface area contributed by atoms with Gasteiger partial charge in [0.1, 0.15) is 0 Å². The van der Waals surface area contributed by atoms with Gasteiger partial charge >= 0.3 is 0 Å². The molecular formula is C12H12Cl2N2O. The minimum absolute atomic E-state index is 0.571. The zero-order chi connectivity index (χ0) is 12.3. The Hall–Kier alpha value is -1.03. The van der Waals surface area contributed by atoms with Gasteiger partial charge in [0, 0.05) is 12.6 Å². The van der Waals surface area contributed by atoms with E-state index in [1.165, 1.54) is 0 Å². The number of halogens is 2. The molecule has 90 valence electrons. The van der Waals surface area contributed by atoms with Crippen LogP contribution in [0.5, 0.6) is 0 Å². The minimum atomic E-state index is 0.571. The summed E-state index contributed by atoms with van der Waals surface area (Å²) < 4.78 is 5.09. The number of rotatable bonds is 4. The molecule has 3 nitrogen and oxygen atoms in total. The molecule has 1 aromatic carbocycles. The lowest BCUT2D eigenvalue weighted by Crippen LogP contribution is -2.12. The highest BCUT2D eigenvalue weighted by atomic mass is 35.5. The van der Waals surface area contributed by atoms with Crippen molar-refractivity contribution in [3.05, 3.63) is 51.3 Å². The van der Waals surface area contributed by atoms with Crippen molar-refractivity contribution in [1.82, 2.24) is 10.5 Å². The smallest absolute Gasteiger partial charge is 0.150 e. The third-order valence-corrected chi connectivity index (χ3v) is 3.03. The van der Waals surface area contributed by atoms with Gasteiger partial charge in [0.25, 0.3) is 0 Å². The summed E-state index contributed by atoms with van der Waals surface area (Å²) in [6, 6.07) is 7.48. The van der Waals surface area contributed by atoms with E-state index >= 15 is 0 Å². The van der Waals surface area contributed by atoms with Crippen molar-refractivity contribution < 1.29 is 4.52 Å². The zero-order valence-corrected chi connectivity index (χ0v) is 10.8. The van der Waals surface area contributed by atoms with E-state index in [1.54, 1.807) is 6.07 Å². The Morgan fingerprint density at radius 1 is 1.18 bits per heavy atom. The summed E-state index contributed by atoms with van der Waals surface area (Å²) >= 11 is 11.8. The minimum Gasteiger partial charge on any atom is -0.360 e. The number of nitrogens with one attached hydrogen (secondary N) is 1. The molecule has 0 spiro atoms. The van der Waals surface area contributed by atoms with Crippen LogP contribution in [0.15, 0.2) is 28.8 Å². The van der Waals surface area contributed by atoms with Crippen molar-refractivity contribution in [1.29, 1.82) is 0 Å². The third kappa shape index (κ3) is 3.46. The molecule has 0 aliphatic rings. The van der Waals surface area contributed by atoms with Gasteiger partial charge in [-0.3, -0.25) is 0 Å². The first-order valence-corrected chi connectivity index (χ1v) is 5.97. The highest BCUT2D eigenvalue weighted by Crippen LogP contribution is 2.22. The van der Waals surface area contributed by atoms with E-state index in [0.717, 1.165) is 17.0 Å². The van der Waals surface area contributed by atoms with Crippen LogP contribution < -0.4 is 5.32 Å². The molecule has 1 aromatic heterocycles. The van der Waals surface area contributed by atoms with Crippen LogP contribution in [-0.4, -0.2) is 5.16 Å². The van der Waals surface area contributed by atoms with Crippen LogP contribution in [0, 0.1) is 6.92 Å². The van der Waals surface area contributed by atoms with Crippen LogP contribution in [0.25, 0.3) is 0 Å². The van der Waals surface area contributed by atoms with E-state index in [0.29, 0.717) is 23.1 Å². The maximum absolute atomic E-state index is 5.92. The predicted octanol–water partition coefficient (Wildman–Crippen LogP) is 3.58. The van der Waals surface area contributed by atoms with Gasteiger partial charge in [0.15, 0.2) is 5.76 Å². The first kappa shape index (κ1) is 12.4. The zero-order valence-electron chi connectivity index (χ0n) is 9.34. The van der Waals surface area contributed by atoms with Gasteiger partial charge in [-0.15, -0.1) is 0 Å². The molecule has 0 fully saturated rings. The molecule has 5 heteroatoms. The standard InChI is InChI=1S/C12H12Cl2N2O/c1-8-4-10(17-16-8)7-15-6-9-2-3-11(13)12(14)5-9/h2-5,15H,6-7H2,1H3. The average Bonchev–Trinajstić information content (AvgIpc) is 2.70. The molecule has 2 aromatic rings. The lowest BCUT2D eigenvalue weighted by atomic mass is 10.2. The van der Waals surface area contributed by atoms with Crippen LogP contribution in [-0.2, 0) is 13.1 Å². The first-order valence-electron chi connectivity index (χ1n) is 5.22. The fraction of sp³-hybridized carbons (Fsp3) is 0.250. The van der Waals surface area contributed by atoms with Gasteiger partial charge in [-0.2, -0.15) is 0 Å². The molecule has 0 amide bonds. The van der Waals surface area contributed by atoms with Crippen LogP contribution >= 0.6 is 23.2 Å². The molecule has 0 bridgehead atoms. The van der Waals surface area contributed by atoms with Crippen molar-refractivity contribution in [2.24, 2.45) is 0 Å². The number of nitrogens with zero attached hydrogens (tertiary/aromatic N) is 1. The van der Waals surface area contributed by atoms with Gasteiger partial charge in [-0.25, -0.2) is 0 Å². The SMILES string of the molecule is Cc1cc(CNCc2ccc(Cl)c(Cl)c2)on1. The molecule has 0 radical (unpaired) electrons. The second-order valence-corrected chi connectivity index (χ2v) is 4.60. The van der Waals surface area contributed by atoms with E-state index in [9.17, 15) is 0 Å². The van der Waals surface area contributed by atoms with Crippen LogP contribution in [0.1, 0.15) is 17.0 Å². The van der Waals surface area contributed by atoms with Gasteiger partial charge in [-0.05, 0) is 24.6 Å². The van der Waals surface area contributed by atoms with Crippen molar-refractivity contribution in [2.45, 2.75) is 20.0 Å². The summed E-state index contributed by atoms with van der Waals surface area (Å²) in [5, 5.41) is 8.20. The number of hydrogen-bond acceptors (Lipinski definition) is 3. The predicted molar refractivity (Wildman–Crippen MR) is 68.2 cm³/mol. The summed E-state index contributed by atoms with van der Waals surface area (Å²) in [4.78, 5) is 0. The highest BCUT2D eigenvalue weighted by Gasteiger charge is 2.02. The lowest BCUT2D eigenvalue weighted by molar-refractivity contribution is 0.369. The summed E-state index contributed by atoms with van der Waals surface area (Å²) in [6.45, 7) is 3.24. The molecule has 1 heterocycles. The average molecular weight is 271 g/mol. The summed E-state index contributed by atoms with van der Waals surface area (Å²) in [7, 11) is 0. The van der Waals surface area contributed by atoms with Gasteiger partial charge in [0.2, 0.25) is 0 Å². The molecule has 1 N–H and O–H groups in total. The molecule has 0 saturated carbocycles. The van der Waals surface area contributed by atoms with Crippen LogP contribution in [0.3, 0.4) is 0 Å². The Kier molecular flexibility index (Phi) is 4.05. The van der Waals surface area contributed by atoms with E-state index in [4.69, 9.17) is 27.7 Å². The lowest BCUT2D eigenvalue weighted by Gasteiger charge is -2.04. The number of hydrogen-bond donors (Lipinski definition) is 1.